The molecule has 2 fully saturated rings. The Balaban J connectivity index is 1.69. The maximum absolute atomic E-state index is 10.9. The molecule has 3 aliphatic rings. The van der Waals surface area contributed by atoms with Crippen LogP contribution < -0.4 is 9.91 Å². The molecule has 128 valence electrons. The quantitative estimate of drug-likeness (QED) is 0.668. The first-order valence-electron chi connectivity index (χ1n) is 8.60. The van der Waals surface area contributed by atoms with Crippen molar-refractivity contribution >= 4 is 11.4 Å². The second-order valence-electron chi connectivity index (χ2n) is 6.69. The largest absolute Gasteiger partial charge is 0.370 e. The van der Waals surface area contributed by atoms with Crippen LogP contribution in [0.1, 0.15) is 25.7 Å². The van der Waals surface area contributed by atoms with Crippen molar-refractivity contribution < 1.29 is 14.6 Å². The molecule has 1 aliphatic carbocycles. The van der Waals surface area contributed by atoms with Crippen molar-refractivity contribution in [2.75, 3.05) is 31.3 Å². The van der Waals surface area contributed by atoms with E-state index in [1.807, 2.05) is 5.01 Å². The van der Waals surface area contributed by atoms with Crippen molar-refractivity contribution in [2.45, 2.75) is 37.4 Å². The van der Waals surface area contributed by atoms with E-state index in [0.29, 0.717) is 0 Å². The number of morpholine rings is 1. The number of quaternary nitrogens is 1. The highest BCUT2D eigenvalue weighted by atomic mass is 16.6. The summed E-state index contributed by atoms with van der Waals surface area (Å²) in [6.07, 6.45) is 4.44. The molecule has 0 aromatic heterocycles. The van der Waals surface area contributed by atoms with Crippen LogP contribution in [-0.4, -0.2) is 42.9 Å². The zero-order valence-electron chi connectivity index (χ0n) is 13.6. The van der Waals surface area contributed by atoms with Gasteiger partial charge in [0.15, 0.2) is 0 Å². The van der Waals surface area contributed by atoms with Gasteiger partial charge in [0.05, 0.1) is 23.8 Å². The Morgan fingerprint density at radius 2 is 2.00 bits per heavy atom. The van der Waals surface area contributed by atoms with E-state index in [4.69, 9.17) is 4.74 Å². The van der Waals surface area contributed by atoms with E-state index in [-0.39, 0.29) is 22.3 Å². The standard InChI is InChI=1S/C16H21N5O3/c22-21(23)14-6-4-13(5-7-14)20-16(19-9-11-24-12-10-19)8-2-1-3-15(16)17-18-20/h4-7,15H,1-3,8-12H2/p+1/t15-,16-/m0/s1. The number of nitrogens with zero attached hydrogens (tertiary/aromatic N) is 4. The third kappa shape index (κ3) is 2.37. The topological polar surface area (TPSA) is 84.8 Å². The van der Waals surface area contributed by atoms with Crippen LogP contribution in [0.3, 0.4) is 0 Å². The molecule has 1 N–H and O–H groups in total. The van der Waals surface area contributed by atoms with Gasteiger partial charge in [0, 0.05) is 18.6 Å². The number of non-ortho nitro benzene ring substituents is 1. The molecule has 1 saturated heterocycles. The monoisotopic (exact) mass is 332 g/mol. The summed E-state index contributed by atoms with van der Waals surface area (Å²) in [5.74, 6) is 0. The van der Waals surface area contributed by atoms with Crippen molar-refractivity contribution in [1.29, 1.82) is 0 Å². The molecular weight excluding hydrogens is 310 g/mol. The van der Waals surface area contributed by atoms with Gasteiger partial charge in [-0.25, -0.2) is 0 Å². The van der Waals surface area contributed by atoms with Gasteiger partial charge >= 0.3 is 0 Å². The molecule has 24 heavy (non-hydrogen) atoms. The first-order valence-corrected chi connectivity index (χ1v) is 8.60. The van der Waals surface area contributed by atoms with E-state index in [9.17, 15) is 10.1 Å². The number of benzene rings is 1. The van der Waals surface area contributed by atoms with Crippen LogP contribution in [0.5, 0.6) is 0 Å². The third-order valence-corrected chi connectivity index (χ3v) is 5.51. The van der Waals surface area contributed by atoms with E-state index >= 15 is 0 Å². The Morgan fingerprint density at radius 1 is 1.25 bits per heavy atom. The summed E-state index contributed by atoms with van der Waals surface area (Å²) >= 11 is 0. The Morgan fingerprint density at radius 3 is 2.71 bits per heavy atom. The van der Waals surface area contributed by atoms with Crippen LogP contribution in [0.4, 0.5) is 11.4 Å². The van der Waals surface area contributed by atoms with E-state index in [0.717, 1.165) is 51.3 Å². The summed E-state index contributed by atoms with van der Waals surface area (Å²) in [5.41, 5.74) is 0.814. The molecule has 1 aromatic rings. The maximum atomic E-state index is 10.9. The van der Waals surface area contributed by atoms with Crippen LogP contribution in [0.25, 0.3) is 0 Å². The van der Waals surface area contributed by atoms with E-state index < -0.39 is 0 Å². The summed E-state index contributed by atoms with van der Waals surface area (Å²) in [5, 5.41) is 22.0. The first kappa shape index (κ1) is 15.5. The Bertz CT molecular complexity index is 644. The predicted octanol–water partition coefficient (Wildman–Crippen LogP) is 1.34. The average Bonchev–Trinajstić information content (AvgIpc) is 3.03. The Labute approximate surface area is 140 Å². The number of hydrogen-bond donors (Lipinski definition) is 1. The summed E-state index contributed by atoms with van der Waals surface area (Å²) in [4.78, 5) is 12.0. The lowest BCUT2D eigenvalue weighted by Crippen LogP contribution is -3.25. The molecule has 2 heterocycles. The fourth-order valence-corrected chi connectivity index (χ4v) is 4.34. The van der Waals surface area contributed by atoms with Crippen molar-refractivity contribution in [2.24, 2.45) is 10.3 Å². The molecule has 1 saturated carbocycles. The van der Waals surface area contributed by atoms with Gasteiger partial charge in [0.2, 0.25) is 5.66 Å². The highest BCUT2D eigenvalue weighted by Crippen LogP contribution is 2.40. The molecule has 0 radical (unpaired) electrons. The molecule has 8 heteroatoms. The van der Waals surface area contributed by atoms with Crippen molar-refractivity contribution in [3.8, 4) is 0 Å². The van der Waals surface area contributed by atoms with Gasteiger partial charge in [-0.3, -0.25) is 10.1 Å². The lowest BCUT2D eigenvalue weighted by Gasteiger charge is -2.47. The number of nitro benzene ring substituents is 1. The molecule has 1 aromatic carbocycles. The minimum atomic E-state index is -0.373. The number of nitro groups is 1. The number of hydrogen-bond acceptors (Lipinski definition) is 6. The minimum absolute atomic E-state index is 0.0999. The van der Waals surface area contributed by atoms with E-state index in [1.165, 1.54) is 11.3 Å². The molecular formula is C16H22N5O3+. The normalized spacial score (nSPS) is 30.3. The second kappa shape index (κ2) is 6.10. The molecule has 2 atom stereocenters. The van der Waals surface area contributed by atoms with Crippen molar-refractivity contribution in [3.63, 3.8) is 0 Å². The summed E-state index contributed by atoms with van der Waals surface area (Å²) in [6, 6.07) is 6.85. The van der Waals surface area contributed by atoms with Gasteiger partial charge in [-0.2, -0.15) is 10.1 Å². The molecule has 0 spiro atoms. The fourth-order valence-electron chi connectivity index (χ4n) is 4.34. The van der Waals surface area contributed by atoms with Gasteiger partial charge in [-0.1, -0.05) is 11.6 Å². The zero-order valence-corrected chi connectivity index (χ0v) is 13.6. The maximum Gasteiger partial charge on any atom is 0.269 e. The van der Waals surface area contributed by atoms with Crippen molar-refractivity contribution in [1.82, 2.24) is 0 Å². The highest BCUT2D eigenvalue weighted by Gasteiger charge is 2.58. The summed E-state index contributed by atoms with van der Waals surface area (Å²) < 4.78 is 5.54. The first-order chi connectivity index (χ1) is 11.7. The fraction of sp³-hybridized carbons (Fsp3) is 0.625. The number of rotatable bonds is 3. The molecule has 8 nitrogen and oxygen atoms in total. The second-order valence-corrected chi connectivity index (χ2v) is 6.69. The Hall–Kier alpha value is -2.06. The smallest absolute Gasteiger partial charge is 0.269 e. The zero-order chi connectivity index (χ0) is 16.6. The van der Waals surface area contributed by atoms with E-state index in [2.05, 4.69) is 10.3 Å². The molecule has 2 aliphatic heterocycles. The van der Waals surface area contributed by atoms with Crippen LogP contribution in [0.2, 0.25) is 0 Å². The summed E-state index contributed by atoms with van der Waals surface area (Å²) in [7, 11) is 0. The van der Waals surface area contributed by atoms with Gasteiger partial charge in [-0.05, 0) is 25.0 Å². The van der Waals surface area contributed by atoms with Gasteiger partial charge in [-0.15, -0.1) is 0 Å². The van der Waals surface area contributed by atoms with Gasteiger partial charge in [0.25, 0.3) is 5.69 Å². The predicted molar refractivity (Wildman–Crippen MR) is 86.9 cm³/mol. The minimum Gasteiger partial charge on any atom is -0.370 e. The van der Waals surface area contributed by atoms with Crippen LogP contribution in [0.15, 0.2) is 34.6 Å². The summed E-state index contributed by atoms with van der Waals surface area (Å²) in [6.45, 7) is 3.42. The SMILES string of the molecule is O=[N+]([O-])c1ccc(N2N=N[C@H]3CCCC[C@@]32[NH+]2CCOCC2)cc1. The average molecular weight is 332 g/mol. The van der Waals surface area contributed by atoms with Crippen LogP contribution >= 0.6 is 0 Å². The number of ether oxygens (including phenoxy) is 1. The molecule has 4 rings (SSSR count). The molecule has 0 unspecified atom stereocenters. The third-order valence-electron chi connectivity index (χ3n) is 5.51. The van der Waals surface area contributed by atoms with Gasteiger partial charge in [0.1, 0.15) is 19.1 Å². The molecule has 0 bridgehead atoms. The number of nitrogens with one attached hydrogen (secondary N) is 1. The van der Waals surface area contributed by atoms with E-state index in [1.54, 1.807) is 24.3 Å². The number of fused-ring (bicyclic) bond motifs is 1. The van der Waals surface area contributed by atoms with Crippen molar-refractivity contribution in [3.05, 3.63) is 34.4 Å². The van der Waals surface area contributed by atoms with Crippen LogP contribution in [-0.2, 0) is 4.74 Å². The highest BCUT2D eigenvalue weighted by molar-refractivity contribution is 5.52. The Kier molecular flexibility index (Phi) is 3.93. The lowest BCUT2D eigenvalue weighted by molar-refractivity contribution is -0.960. The van der Waals surface area contributed by atoms with Crippen LogP contribution in [0, 0.1) is 10.1 Å². The molecule has 0 amide bonds. The van der Waals surface area contributed by atoms with Gasteiger partial charge < -0.3 is 9.64 Å². The lowest BCUT2D eigenvalue weighted by atomic mass is 9.82. The number of anilines is 1.